The van der Waals surface area contributed by atoms with E-state index < -0.39 is 0 Å². The average Bonchev–Trinajstić information content (AvgIpc) is 2.29. The number of benzene rings is 1. The van der Waals surface area contributed by atoms with E-state index in [2.05, 4.69) is 44.7 Å². The topological polar surface area (TPSA) is 9.23 Å². The van der Waals surface area contributed by atoms with E-state index in [0.717, 1.165) is 12.8 Å². The molecular formula is C15H20O. The number of rotatable bonds is 2. The molecule has 1 aliphatic heterocycles. The van der Waals surface area contributed by atoms with Gasteiger partial charge in [-0.3, -0.25) is 0 Å². The minimum absolute atomic E-state index is 0.204. The first-order chi connectivity index (χ1) is 7.66. The fourth-order valence-corrected chi connectivity index (χ4v) is 2.19. The SMILES string of the molecule is C=C1C[C@@H](c2ccccc2)O[C@@H](C(C)C)C1. The summed E-state index contributed by atoms with van der Waals surface area (Å²) in [4.78, 5) is 0. The summed E-state index contributed by atoms with van der Waals surface area (Å²) in [6.07, 6.45) is 2.51. The van der Waals surface area contributed by atoms with Gasteiger partial charge in [0, 0.05) is 0 Å². The largest absolute Gasteiger partial charge is 0.369 e. The summed E-state index contributed by atoms with van der Waals surface area (Å²) >= 11 is 0. The monoisotopic (exact) mass is 216 g/mol. The van der Waals surface area contributed by atoms with Crippen LogP contribution >= 0.6 is 0 Å². The summed E-state index contributed by atoms with van der Waals surface area (Å²) < 4.78 is 6.14. The molecule has 1 saturated heterocycles. The van der Waals surface area contributed by atoms with Gasteiger partial charge in [-0.05, 0) is 24.3 Å². The molecule has 0 bridgehead atoms. The quantitative estimate of drug-likeness (QED) is 0.676. The van der Waals surface area contributed by atoms with E-state index in [0.29, 0.717) is 12.0 Å². The zero-order valence-corrected chi connectivity index (χ0v) is 10.1. The zero-order valence-electron chi connectivity index (χ0n) is 10.1. The van der Waals surface area contributed by atoms with Crippen LogP contribution in [0.1, 0.15) is 38.4 Å². The summed E-state index contributed by atoms with van der Waals surface area (Å²) in [5, 5.41) is 0. The molecule has 86 valence electrons. The molecule has 0 amide bonds. The van der Waals surface area contributed by atoms with Gasteiger partial charge >= 0.3 is 0 Å². The Hall–Kier alpha value is -1.08. The summed E-state index contributed by atoms with van der Waals surface area (Å²) in [7, 11) is 0. The third-order valence-electron chi connectivity index (χ3n) is 3.22. The molecule has 2 atom stereocenters. The van der Waals surface area contributed by atoms with Crippen molar-refractivity contribution in [3.8, 4) is 0 Å². The Morgan fingerprint density at radius 2 is 1.88 bits per heavy atom. The second-order valence-electron chi connectivity index (χ2n) is 4.98. The molecule has 0 radical (unpaired) electrons. The lowest BCUT2D eigenvalue weighted by atomic mass is 9.90. The Morgan fingerprint density at radius 1 is 1.19 bits per heavy atom. The minimum Gasteiger partial charge on any atom is -0.369 e. The Morgan fingerprint density at radius 3 is 2.50 bits per heavy atom. The Bertz CT molecular complexity index is 353. The first-order valence-corrected chi connectivity index (χ1v) is 6.04. The van der Waals surface area contributed by atoms with Crippen molar-refractivity contribution < 1.29 is 4.74 Å². The fourth-order valence-electron chi connectivity index (χ4n) is 2.19. The lowest BCUT2D eigenvalue weighted by molar-refractivity contribution is -0.0550. The molecule has 1 heteroatoms. The molecule has 0 saturated carbocycles. The van der Waals surface area contributed by atoms with Crippen molar-refractivity contribution >= 4 is 0 Å². The lowest BCUT2D eigenvalue weighted by Crippen LogP contribution is -2.27. The highest BCUT2D eigenvalue weighted by Crippen LogP contribution is 2.35. The van der Waals surface area contributed by atoms with Crippen molar-refractivity contribution in [2.75, 3.05) is 0 Å². The molecule has 16 heavy (non-hydrogen) atoms. The molecule has 0 unspecified atom stereocenters. The van der Waals surface area contributed by atoms with Gasteiger partial charge in [-0.1, -0.05) is 56.3 Å². The molecule has 0 aliphatic carbocycles. The number of hydrogen-bond acceptors (Lipinski definition) is 1. The van der Waals surface area contributed by atoms with Gasteiger partial charge in [-0.15, -0.1) is 0 Å². The molecule has 1 heterocycles. The second kappa shape index (κ2) is 4.84. The van der Waals surface area contributed by atoms with E-state index in [-0.39, 0.29) is 6.10 Å². The molecule has 1 aromatic rings. The standard InChI is InChI=1S/C15H20O/c1-11(2)14-9-12(3)10-15(16-14)13-7-5-4-6-8-13/h4-8,11,14-15H,3,9-10H2,1-2H3/t14-,15+/m1/s1. The van der Waals surface area contributed by atoms with Gasteiger partial charge in [0.2, 0.25) is 0 Å². The first kappa shape index (κ1) is 11.4. The maximum absolute atomic E-state index is 6.14. The van der Waals surface area contributed by atoms with Crippen molar-refractivity contribution in [2.45, 2.75) is 38.9 Å². The highest BCUT2D eigenvalue weighted by atomic mass is 16.5. The number of hydrogen-bond donors (Lipinski definition) is 0. The lowest BCUT2D eigenvalue weighted by Gasteiger charge is -2.34. The Kier molecular flexibility index (Phi) is 3.45. The predicted octanol–water partition coefficient (Wildman–Crippen LogP) is 4.12. The molecule has 0 aromatic heterocycles. The molecule has 1 fully saturated rings. The molecule has 0 spiro atoms. The van der Waals surface area contributed by atoms with Crippen LogP contribution in [0.3, 0.4) is 0 Å². The predicted molar refractivity (Wildman–Crippen MR) is 67.3 cm³/mol. The van der Waals surface area contributed by atoms with Crippen LogP contribution in [-0.2, 0) is 4.74 Å². The van der Waals surface area contributed by atoms with Crippen LogP contribution in [0, 0.1) is 5.92 Å². The molecule has 1 aromatic carbocycles. The normalized spacial score (nSPS) is 26.1. The maximum Gasteiger partial charge on any atom is 0.0865 e. The van der Waals surface area contributed by atoms with Gasteiger partial charge in [0.15, 0.2) is 0 Å². The van der Waals surface area contributed by atoms with Crippen LogP contribution in [0.15, 0.2) is 42.5 Å². The fraction of sp³-hybridized carbons (Fsp3) is 0.467. The third-order valence-corrected chi connectivity index (χ3v) is 3.22. The van der Waals surface area contributed by atoms with Gasteiger partial charge in [-0.25, -0.2) is 0 Å². The number of ether oxygens (including phenoxy) is 1. The Balaban J connectivity index is 2.14. The van der Waals surface area contributed by atoms with Crippen LogP contribution in [-0.4, -0.2) is 6.10 Å². The van der Waals surface area contributed by atoms with Crippen molar-refractivity contribution in [1.29, 1.82) is 0 Å². The van der Waals surface area contributed by atoms with Gasteiger partial charge in [0.1, 0.15) is 0 Å². The van der Waals surface area contributed by atoms with Crippen molar-refractivity contribution in [1.82, 2.24) is 0 Å². The molecule has 2 rings (SSSR count). The van der Waals surface area contributed by atoms with Crippen LogP contribution < -0.4 is 0 Å². The Labute approximate surface area is 98.1 Å². The van der Waals surface area contributed by atoms with Crippen LogP contribution in [0.5, 0.6) is 0 Å². The highest BCUT2D eigenvalue weighted by molar-refractivity contribution is 5.20. The van der Waals surface area contributed by atoms with Crippen molar-refractivity contribution in [3.63, 3.8) is 0 Å². The van der Waals surface area contributed by atoms with E-state index >= 15 is 0 Å². The van der Waals surface area contributed by atoms with E-state index in [1.807, 2.05) is 6.07 Å². The van der Waals surface area contributed by atoms with E-state index in [1.165, 1.54) is 11.1 Å². The van der Waals surface area contributed by atoms with Crippen LogP contribution in [0.25, 0.3) is 0 Å². The van der Waals surface area contributed by atoms with Gasteiger partial charge < -0.3 is 4.74 Å². The van der Waals surface area contributed by atoms with Crippen LogP contribution in [0.2, 0.25) is 0 Å². The smallest absolute Gasteiger partial charge is 0.0865 e. The summed E-state index contributed by atoms with van der Waals surface area (Å²) in [5.41, 5.74) is 2.59. The molecule has 1 nitrogen and oxygen atoms in total. The van der Waals surface area contributed by atoms with E-state index in [1.54, 1.807) is 0 Å². The molecular weight excluding hydrogens is 196 g/mol. The minimum atomic E-state index is 0.204. The average molecular weight is 216 g/mol. The van der Waals surface area contributed by atoms with E-state index in [9.17, 15) is 0 Å². The highest BCUT2D eigenvalue weighted by Gasteiger charge is 2.27. The van der Waals surface area contributed by atoms with Crippen LogP contribution in [0.4, 0.5) is 0 Å². The maximum atomic E-state index is 6.14. The molecule has 0 N–H and O–H groups in total. The second-order valence-corrected chi connectivity index (χ2v) is 4.98. The summed E-state index contributed by atoms with van der Waals surface area (Å²) in [5.74, 6) is 0.559. The van der Waals surface area contributed by atoms with Gasteiger partial charge in [-0.2, -0.15) is 0 Å². The third kappa shape index (κ3) is 2.53. The van der Waals surface area contributed by atoms with Crippen molar-refractivity contribution in [3.05, 3.63) is 48.0 Å². The van der Waals surface area contributed by atoms with Gasteiger partial charge in [0.05, 0.1) is 12.2 Å². The van der Waals surface area contributed by atoms with E-state index in [4.69, 9.17) is 4.74 Å². The van der Waals surface area contributed by atoms with Gasteiger partial charge in [0.25, 0.3) is 0 Å². The summed E-state index contributed by atoms with van der Waals surface area (Å²) in [6, 6.07) is 10.5. The first-order valence-electron chi connectivity index (χ1n) is 6.04. The summed E-state index contributed by atoms with van der Waals surface area (Å²) in [6.45, 7) is 8.57. The zero-order chi connectivity index (χ0) is 11.5. The van der Waals surface area contributed by atoms with Crippen molar-refractivity contribution in [2.24, 2.45) is 5.92 Å². The molecule has 1 aliphatic rings.